The first-order chi connectivity index (χ1) is 13.6. The molecule has 9 heteroatoms. The Balaban J connectivity index is 1.90. The monoisotopic (exact) mass is 432 g/mol. The number of carbonyl (C=O) groups excluding carboxylic acids is 1. The number of rotatable bonds is 6. The molecule has 0 saturated heterocycles. The number of amides is 1. The van der Waals surface area contributed by atoms with Gasteiger partial charge in [0.25, 0.3) is 0 Å². The van der Waals surface area contributed by atoms with Crippen LogP contribution in [-0.4, -0.2) is 29.0 Å². The molecule has 0 bridgehead atoms. The molecule has 0 atom stereocenters. The van der Waals surface area contributed by atoms with Gasteiger partial charge in [0.05, 0.1) is 9.79 Å². The Morgan fingerprint density at radius 1 is 0.862 bits per heavy atom. The lowest BCUT2D eigenvalue weighted by Crippen LogP contribution is -2.23. The third-order valence-electron chi connectivity index (χ3n) is 4.30. The summed E-state index contributed by atoms with van der Waals surface area (Å²) in [5.41, 5.74) is 1.16. The zero-order valence-corrected chi connectivity index (χ0v) is 17.5. The van der Waals surface area contributed by atoms with Gasteiger partial charge in [0.15, 0.2) is 9.84 Å². The number of hydrogen-bond donors (Lipinski definition) is 2. The van der Waals surface area contributed by atoms with Crippen molar-refractivity contribution in [2.45, 2.75) is 23.3 Å². The van der Waals surface area contributed by atoms with E-state index in [1.807, 2.05) is 0 Å². The number of nitrogens with one attached hydrogen (secondary N) is 2. The normalized spacial score (nSPS) is 12.1. The number of anilines is 1. The van der Waals surface area contributed by atoms with E-state index in [4.69, 9.17) is 0 Å². The zero-order valence-electron chi connectivity index (χ0n) is 15.8. The molecule has 0 spiro atoms. The lowest BCUT2D eigenvalue weighted by atomic mass is 10.1. The van der Waals surface area contributed by atoms with Gasteiger partial charge < -0.3 is 5.32 Å². The second-order valence-electron chi connectivity index (χ2n) is 6.58. The molecule has 3 aromatic rings. The summed E-state index contributed by atoms with van der Waals surface area (Å²) in [6.45, 7) is 1.39. The lowest BCUT2D eigenvalue weighted by Gasteiger charge is -2.12. The fourth-order valence-corrected chi connectivity index (χ4v) is 4.79. The van der Waals surface area contributed by atoms with Crippen LogP contribution in [-0.2, 0) is 31.2 Å². The number of fused-ring (bicyclic) bond motifs is 1. The highest BCUT2D eigenvalue weighted by Gasteiger charge is 2.18. The molecule has 0 aliphatic carbocycles. The van der Waals surface area contributed by atoms with Gasteiger partial charge in [0, 0.05) is 36.2 Å². The molecule has 0 heterocycles. The summed E-state index contributed by atoms with van der Waals surface area (Å²) >= 11 is 0. The van der Waals surface area contributed by atoms with E-state index in [1.54, 1.807) is 42.5 Å². The van der Waals surface area contributed by atoms with Crippen LogP contribution in [0.1, 0.15) is 12.5 Å². The van der Waals surface area contributed by atoms with E-state index in [1.165, 1.54) is 25.1 Å². The zero-order chi connectivity index (χ0) is 21.2. The lowest BCUT2D eigenvalue weighted by molar-refractivity contribution is -0.114. The quantitative estimate of drug-likeness (QED) is 0.622. The molecule has 0 fully saturated rings. The van der Waals surface area contributed by atoms with Crippen molar-refractivity contribution in [3.63, 3.8) is 0 Å². The second-order valence-corrected chi connectivity index (χ2v) is 10.3. The maximum Gasteiger partial charge on any atom is 0.241 e. The highest BCUT2D eigenvalue weighted by molar-refractivity contribution is 7.90. The number of hydrogen-bond acceptors (Lipinski definition) is 5. The summed E-state index contributed by atoms with van der Waals surface area (Å²) in [6, 6.07) is 15.9. The molecule has 0 aliphatic rings. The van der Waals surface area contributed by atoms with Gasteiger partial charge in [0.2, 0.25) is 15.9 Å². The van der Waals surface area contributed by atoms with Crippen molar-refractivity contribution in [2.24, 2.45) is 0 Å². The molecular formula is C20H20N2O5S2. The molecule has 29 heavy (non-hydrogen) atoms. The minimum absolute atomic E-state index is 0.00808. The summed E-state index contributed by atoms with van der Waals surface area (Å²) in [5, 5.41) is 3.80. The molecule has 0 aliphatic heterocycles. The van der Waals surface area contributed by atoms with E-state index in [9.17, 15) is 21.6 Å². The highest BCUT2D eigenvalue weighted by atomic mass is 32.2. The van der Waals surface area contributed by atoms with Crippen molar-refractivity contribution < 1.29 is 21.6 Å². The summed E-state index contributed by atoms with van der Waals surface area (Å²) in [5.74, 6) is -0.249. The van der Waals surface area contributed by atoms with Gasteiger partial charge in [-0.3, -0.25) is 4.79 Å². The first-order valence-corrected chi connectivity index (χ1v) is 12.0. The Bertz CT molecular complexity index is 1280. The smallest absolute Gasteiger partial charge is 0.241 e. The number of benzene rings is 3. The molecule has 152 valence electrons. The maximum absolute atomic E-state index is 12.9. The van der Waals surface area contributed by atoms with E-state index in [-0.39, 0.29) is 22.2 Å². The van der Waals surface area contributed by atoms with Gasteiger partial charge in [-0.25, -0.2) is 21.6 Å². The second kappa shape index (κ2) is 7.94. The first kappa shape index (κ1) is 21.0. The number of carbonyl (C=O) groups is 1. The standard InChI is InChI=1S/C20H20N2O5S2/c1-14(23)22-19-7-3-6-18-17(19)5-4-8-20(18)29(26,27)21-13-15-9-11-16(12-10-15)28(2,24)25/h3-12,21H,13H2,1-2H3,(H,22,23). The van der Waals surface area contributed by atoms with Crippen molar-refractivity contribution in [1.82, 2.24) is 4.72 Å². The van der Waals surface area contributed by atoms with Crippen molar-refractivity contribution in [3.8, 4) is 0 Å². The fraction of sp³-hybridized carbons (Fsp3) is 0.150. The molecule has 0 radical (unpaired) electrons. The van der Waals surface area contributed by atoms with Crippen LogP contribution in [0.5, 0.6) is 0 Å². The predicted octanol–water partition coefficient (Wildman–Crippen LogP) is 2.68. The van der Waals surface area contributed by atoms with Gasteiger partial charge in [-0.05, 0) is 29.8 Å². The predicted molar refractivity (Wildman–Crippen MR) is 112 cm³/mol. The van der Waals surface area contributed by atoms with Crippen molar-refractivity contribution in [2.75, 3.05) is 11.6 Å². The van der Waals surface area contributed by atoms with Crippen molar-refractivity contribution >= 4 is 42.2 Å². The topological polar surface area (TPSA) is 109 Å². The largest absolute Gasteiger partial charge is 0.326 e. The Morgan fingerprint density at radius 3 is 2.10 bits per heavy atom. The Labute approximate surface area is 169 Å². The number of sulfone groups is 1. The molecule has 1 amide bonds. The van der Waals surface area contributed by atoms with Crippen molar-refractivity contribution in [3.05, 3.63) is 66.2 Å². The molecule has 0 unspecified atom stereocenters. The minimum atomic E-state index is -3.85. The average Bonchev–Trinajstić information content (AvgIpc) is 2.65. The third-order valence-corrected chi connectivity index (χ3v) is 6.89. The molecular weight excluding hydrogens is 412 g/mol. The number of sulfonamides is 1. The van der Waals surface area contributed by atoms with Crippen LogP contribution in [0.15, 0.2) is 70.5 Å². The highest BCUT2D eigenvalue weighted by Crippen LogP contribution is 2.29. The average molecular weight is 433 g/mol. The molecule has 3 aromatic carbocycles. The van der Waals surface area contributed by atoms with Gasteiger partial charge in [-0.2, -0.15) is 0 Å². The van der Waals surface area contributed by atoms with Crippen LogP contribution in [0.3, 0.4) is 0 Å². The Morgan fingerprint density at radius 2 is 1.48 bits per heavy atom. The van der Waals surface area contributed by atoms with Crippen LogP contribution >= 0.6 is 0 Å². The van der Waals surface area contributed by atoms with Gasteiger partial charge in [-0.1, -0.05) is 36.4 Å². The van der Waals surface area contributed by atoms with Crippen LogP contribution in [0.25, 0.3) is 10.8 Å². The summed E-state index contributed by atoms with van der Waals surface area (Å²) in [4.78, 5) is 11.7. The van der Waals surface area contributed by atoms with E-state index >= 15 is 0 Å². The van der Waals surface area contributed by atoms with Crippen LogP contribution in [0.2, 0.25) is 0 Å². The summed E-state index contributed by atoms with van der Waals surface area (Å²) in [6.07, 6.45) is 1.11. The van der Waals surface area contributed by atoms with Gasteiger partial charge >= 0.3 is 0 Å². The molecule has 0 aromatic heterocycles. The van der Waals surface area contributed by atoms with Gasteiger partial charge in [-0.15, -0.1) is 0 Å². The summed E-state index contributed by atoms with van der Waals surface area (Å²) < 4.78 is 51.4. The Kier molecular flexibility index (Phi) is 5.74. The fourth-order valence-electron chi connectivity index (χ4n) is 2.92. The van der Waals surface area contributed by atoms with Crippen LogP contribution < -0.4 is 10.0 Å². The van der Waals surface area contributed by atoms with E-state index in [0.29, 0.717) is 22.0 Å². The first-order valence-electron chi connectivity index (χ1n) is 8.66. The maximum atomic E-state index is 12.9. The van der Waals surface area contributed by atoms with E-state index in [2.05, 4.69) is 10.0 Å². The van der Waals surface area contributed by atoms with E-state index < -0.39 is 19.9 Å². The third kappa shape index (κ3) is 4.81. The molecule has 0 saturated carbocycles. The molecule has 7 nitrogen and oxygen atoms in total. The molecule has 2 N–H and O–H groups in total. The van der Waals surface area contributed by atoms with Crippen LogP contribution in [0.4, 0.5) is 5.69 Å². The van der Waals surface area contributed by atoms with Gasteiger partial charge in [0.1, 0.15) is 0 Å². The van der Waals surface area contributed by atoms with Crippen LogP contribution in [0, 0.1) is 0 Å². The van der Waals surface area contributed by atoms with E-state index in [0.717, 1.165) is 6.26 Å². The summed E-state index contributed by atoms with van der Waals surface area (Å²) in [7, 11) is -7.16. The minimum Gasteiger partial charge on any atom is -0.326 e. The molecule has 3 rings (SSSR count). The SMILES string of the molecule is CC(=O)Nc1cccc2c(S(=O)(=O)NCc3ccc(S(C)(=O)=O)cc3)cccc12. The van der Waals surface area contributed by atoms with Crippen molar-refractivity contribution in [1.29, 1.82) is 0 Å². The Hall–Kier alpha value is -2.75.